The Balaban J connectivity index is 2.23. The number of aromatic nitrogens is 3. The van der Waals surface area contributed by atoms with Crippen LogP contribution in [-0.2, 0) is 7.05 Å². The van der Waals surface area contributed by atoms with Crippen LogP contribution in [0.15, 0.2) is 29.0 Å². The van der Waals surface area contributed by atoms with Gasteiger partial charge >= 0.3 is 0 Å². The van der Waals surface area contributed by atoms with Gasteiger partial charge in [0.05, 0.1) is 11.8 Å². The molecule has 2 rings (SSSR count). The van der Waals surface area contributed by atoms with Crippen LogP contribution in [0.5, 0.6) is 0 Å². The standard InChI is InChI=1S/C13H16BrN5O/c1-3-5-15-12-10(7-9(14)8-16-12)13(20)18-11-4-6-17-19(11)2/h4,6-8H,3,5H2,1-2H3,(H,15,16)(H,18,20). The molecule has 0 aliphatic carbocycles. The summed E-state index contributed by atoms with van der Waals surface area (Å²) in [5.74, 6) is 0.993. The first-order valence-corrected chi connectivity index (χ1v) is 7.10. The number of rotatable bonds is 5. The van der Waals surface area contributed by atoms with Crippen LogP contribution in [0.25, 0.3) is 0 Å². The molecule has 0 aliphatic heterocycles. The lowest BCUT2D eigenvalue weighted by molar-refractivity contribution is 0.102. The third kappa shape index (κ3) is 3.36. The number of nitrogens with one attached hydrogen (secondary N) is 2. The van der Waals surface area contributed by atoms with E-state index in [9.17, 15) is 4.79 Å². The van der Waals surface area contributed by atoms with Crippen LogP contribution in [0.4, 0.5) is 11.6 Å². The fourth-order valence-corrected chi connectivity index (χ4v) is 2.01. The zero-order valence-electron chi connectivity index (χ0n) is 11.4. The van der Waals surface area contributed by atoms with E-state index in [1.807, 2.05) is 0 Å². The molecule has 0 saturated carbocycles. The molecule has 0 unspecified atom stereocenters. The number of carbonyl (C=O) groups excluding carboxylic acids is 1. The molecule has 106 valence electrons. The maximum absolute atomic E-state index is 12.3. The molecule has 7 heteroatoms. The summed E-state index contributed by atoms with van der Waals surface area (Å²) in [6.07, 6.45) is 4.25. The van der Waals surface area contributed by atoms with E-state index < -0.39 is 0 Å². The topological polar surface area (TPSA) is 71.8 Å². The van der Waals surface area contributed by atoms with Crippen LogP contribution in [0, 0.1) is 0 Å². The van der Waals surface area contributed by atoms with Gasteiger partial charge in [0.15, 0.2) is 0 Å². The van der Waals surface area contributed by atoms with Gasteiger partial charge < -0.3 is 10.6 Å². The monoisotopic (exact) mass is 337 g/mol. The molecule has 0 bridgehead atoms. The Kier molecular flexibility index (Phi) is 4.73. The van der Waals surface area contributed by atoms with Gasteiger partial charge in [0.25, 0.3) is 5.91 Å². The van der Waals surface area contributed by atoms with Crippen LogP contribution >= 0.6 is 15.9 Å². The van der Waals surface area contributed by atoms with Gasteiger partial charge in [-0.3, -0.25) is 9.48 Å². The number of nitrogens with zero attached hydrogens (tertiary/aromatic N) is 3. The van der Waals surface area contributed by atoms with Gasteiger partial charge in [-0.15, -0.1) is 0 Å². The summed E-state index contributed by atoms with van der Waals surface area (Å²) < 4.78 is 2.36. The average Bonchev–Trinajstić information content (AvgIpc) is 2.83. The van der Waals surface area contributed by atoms with Crippen molar-refractivity contribution in [2.24, 2.45) is 7.05 Å². The average molecular weight is 338 g/mol. The Labute approximate surface area is 125 Å². The van der Waals surface area contributed by atoms with Crippen LogP contribution in [0.2, 0.25) is 0 Å². The minimum Gasteiger partial charge on any atom is -0.369 e. The first-order chi connectivity index (χ1) is 9.61. The normalized spacial score (nSPS) is 10.3. The van der Waals surface area contributed by atoms with Gasteiger partial charge in [-0.25, -0.2) is 4.98 Å². The van der Waals surface area contributed by atoms with E-state index in [-0.39, 0.29) is 5.91 Å². The molecule has 0 spiro atoms. The lowest BCUT2D eigenvalue weighted by Gasteiger charge is -2.11. The van der Waals surface area contributed by atoms with Gasteiger partial charge in [0, 0.05) is 30.3 Å². The molecule has 0 fully saturated rings. The summed E-state index contributed by atoms with van der Waals surface area (Å²) in [4.78, 5) is 16.6. The smallest absolute Gasteiger partial charge is 0.260 e. The minimum absolute atomic E-state index is 0.221. The molecule has 0 saturated heterocycles. The van der Waals surface area contributed by atoms with Crippen molar-refractivity contribution in [3.8, 4) is 0 Å². The van der Waals surface area contributed by atoms with E-state index in [2.05, 4.69) is 43.6 Å². The summed E-state index contributed by atoms with van der Waals surface area (Å²) in [7, 11) is 1.77. The third-order valence-electron chi connectivity index (χ3n) is 2.70. The molecule has 2 aromatic rings. The van der Waals surface area contributed by atoms with Crippen molar-refractivity contribution in [1.29, 1.82) is 0 Å². The van der Waals surface area contributed by atoms with Crippen LogP contribution in [-0.4, -0.2) is 27.2 Å². The second kappa shape index (κ2) is 6.51. The van der Waals surface area contributed by atoms with Gasteiger partial charge in [0.2, 0.25) is 0 Å². The molecule has 1 amide bonds. The minimum atomic E-state index is -0.221. The van der Waals surface area contributed by atoms with Gasteiger partial charge in [-0.2, -0.15) is 5.10 Å². The van der Waals surface area contributed by atoms with Crippen molar-refractivity contribution in [3.05, 3.63) is 34.6 Å². The molecule has 6 nitrogen and oxygen atoms in total. The Morgan fingerprint density at radius 2 is 2.30 bits per heavy atom. The lowest BCUT2D eigenvalue weighted by atomic mass is 10.2. The maximum atomic E-state index is 12.3. The summed E-state index contributed by atoms with van der Waals surface area (Å²) >= 11 is 3.34. The zero-order chi connectivity index (χ0) is 14.5. The number of carbonyl (C=O) groups is 1. The van der Waals surface area contributed by atoms with E-state index >= 15 is 0 Å². The highest BCUT2D eigenvalue weighted by Crippen LogP contribution is 2.19. The van der Waals surface area contributed by atoms with Gasteiger partial charge in [0.1, 0.15) is 11.6 Å². The van der Waals surface area contributed by atoms with Crippen molar-refractivity contribution in [2.45, 2.75) is 13.3 Å². The van der Waals surface area contributed by atoms with Crippen molar-refractivity contribution in [2.75, 3.05) is 17.2 Å². The largest absolute Gasteiger partial charge is 0.369 e. The van der Waals surface area contributed by atoms with Crippen LogP contribution in [0.3, 0.4) is 0 Å². The SMILES string of the molecule is CCCNc1ncc(Br)cc1C(=O)Nc1ccnn1C. The molecule has 2 aromatic heterocycles. The quantitative estimate of drug-likeness (QED) is 0.879. The van der Waals surface area contributed by atoms with Gasteiger partial charge in [-0.1, -0.05) is 6.92 Å². The van der Waals surface area contributed by atoms with E-state index in [1.165, 1.54) is 0 Å². The number of hydrogen-bond acceptors (Lipinski definition) is 4. The summed E-state index contributed by atoms with van der Waals surface area (Å²) in [6, 6.07) is 3.49. The molecule has 0 aliphatic rings. The lowest BCUT2D eigenvalue weighted by Crippen LogP contribution is -2.17. The van der Waals surface area contributed by atoms with E-state index in [0.29, 0.717) is 17.2 Å². The van der Waals surface area contributed by atoms with Crippen molar-refractivity contribution < 1.29 is 4.79 Å². The van der Waals surface area contributed by atoms with Crippen LogP contribution < -0.4 is 10.6 Å². The highest BCUT2D eigenvalue weighted by Gasteiger charge is 2.14. The highest BCUT2D eigenvalue weighted by molar-refractivity contribution is 9.10. The van der Waals surface area contributed by atoms with Crippen molar-refractivity contribution >= 4 is 33.5 Å². The first kappa shape index (κ1) is 14.5. The van der Waals surface area contributed by atoms with Crippen molar-refractivity contribution in [3.63, 3.8) is 0 Å². The Morgan fingerprint density at radius 1 is 1.50 bits per heavy atom. The molecule has 0 atom stereocenters. The second-order valence-corrected chi connectivity index (χ2v) is 5.19. The molecule has 2 heterocycles. The number of hydrogen-bond donors (Lipinski definition) is 2. The summed E-state index contributed by atoms with van der Waals surface area (Å²) in [5.41, 5.74) is 0.494. The fourth-order valence-electron chi connectivity index (χ4n) is 1.68. The molecule has 20 heavy (non-hydrogen) atoms. The Hall–Kier alpha value is -1.89. The Bertz CT molecular complexity index is 611. The van der Waals surface area contributed by atoms with E-state index in [4.69, 9.17) is 0 Å². The molecule has 0 aromatic carbocycles. The highest BCUT2D eigenvalue weighted by atomic mass is 79.9. The van der Waals surface area contributed by atoms with Gasteiger partial charge in [-0.05, 0) is 28.4 Å². The second-order valence-electron chi connectivity index (χ2n) is 4.27. The fraction of sp³-hybridized carbons (Fsp3) is 0.308. The maximum Gasteiger partial charge on any atom is 0.260 e. The number of anilines is 2. The first-order valence-electron chi connectivity index (χ1n) is 6.30. The molecular weight excluding hydrogens is 322 g/mol. The zero-order valence-corrected chi connectivity index (χ0v) is 12.9. The number of amides is 1. The predicted octanol–water partition coefficient (Wildman–Crippen LogP) is 2.65. The summed E-state index contributed by atoms with van der Waals surface area (Å²) in [5, 5.41) is 9.98. The molecule has 2 N–H and O–H groups in total. The van der Waals surface area contributed by atoms with E-state index in [0.717, 1.165) is 17.4 Å². The summed E-state index contributed by atoms with van der Waals surface area (Å²) in [6.45, 7) is 2.82. The predicted molar refractivity (Wildman–Crippen MR) is 81.9 cm³/mol. The Morgan fingerprint density at radius 3 is 2.95 bits per heavy atom. The third-order valence-corrected chi connectivity index (χ3v) is 3.14. The van der Waals surface area contributed by atoms with E-state index in [1.54, 1.807) is 36.3 Å². The molecular formula is C13H16BrN5O. The number of halogens is 1. The van der Waals surface area contributed by atoms with Crippen LogP contribution in [0.1, 0.15) is 23.7 Å². The van der Waals surface area contributed by atoms with Crippen molar-refractivity contribution in [1.82, 2.24) is 14.8 Å². The number of aryl methyl sites for hydroxylation is 1. The number of pyridine rings is 1. The molecule has 0 radical (unpaired) electrons.